The van der Waals surface area contributed by atoms with Gasteiger partial charge in [-0.2, -0.15) is 0 Å². The number of anilines is 1. The normalized spacial score (nSPS) is 24.7. The molecule has 2 unspecified atom stereocenters. The molecular formula is C12H17N3O2. The smallest absolute Gasteiger partial charge is 0.267 e. The first kappa shape index (κ1) is 11.9. The molecular weight excluding hydrogens is 218 g/mol. The zero-order valence-corrected chi connectivity index (χ0v) is 10.1. The van der Waals surface area contributed by atoms with Gasteiger partial charge >= 0.3 is 0 Å². The summed E-state index contributed by atoms with van der Waals surface area (Å²) in [6, 6.07) is 3.62. The molecule has 1 aromatic heterocycles. The van der Waals surface area contributed by atoms with Crippen molar-refractivity contribution in [2.24, 2.45) is 5.73 Å². The Balaban J connectivity index is 2.21. The molecule has 5 nitrogen and oxygen atoms in total. The van der Waals surface area contributed by atoms with Crippen LogP contribution >= 0.6 is 0 Å². The molecule has 0 saturated carbocycles. The first-order valence-corrected chi connectivity index (χ1v) is 5.72. The first-order valence-electron chi connectivity index (χ1n) is 5.72. The molecule has 2 N–H and O–H groups in total. The van der Waals surface area contributed by atoms with Crippen LogP contribution in [0.25, 0.3) is 0 Å². The van der Waals surface area contributed by atoms with Crippen molar-refractivity contribution in [3.05, 3.63) is 24.0 Å². The summed E-state index contributed by atoms with van der Waals surface area (Å²) in [5, 5.41) is 0. The lowest BCUT2D eigenvalue weighted by molar-refractivity contribution is -0.00522. The van der Waals surface area contributed by atoms with E-state index in [0.29, 0.717) is 5.69 Å². The first-order chi connectivity index (χ1) is 8.06. The van der Waals surface area contributed by atoms with Crippen LogP contribution in [0.2, 0.25) is 0 Å². The number of pyridine rings is 1. The molecule has 1 saturated heterocycles. The zero-order valence-electron chi connectivity index (χ0n) is 10.1. The lowest BCUT2D eigenvalue weighted by Gasteiger charge is -2.36. The Hall–Kier alpha value is -1.62. The summed E-state index contributed by atoms with van der Waals surface area (Å²) in [6.45, 7) is 5.71. The molecule has 1 fully saturated rings. The van der Waals surface area contributed by atoms with Crippen molar-refractivity contribution in [3.63, 3.8) is 0 Å². The molecule has 2 heterocycles. The third-order valence-electron chi connectivity index (χ3n) is 2.78. The van der Waals surface area contributed by atoms with E-state index in [1.165, 1.54) is 0 Å². The van der Waals surface area contributed by atoms with Crippen molar-refractivity contribution in [1.29, 1.82) is 0 Å². The molecule has 0 radical (unpaired) electrons. The van der Waals surface area contributed by atoms with Gasteiger partial charge in [-0.3, -0.25) is 9.78 Å². The Bertz CT molecular complexity index is 412. The van der Waals surface area contributed by atoms with E-state index in [2.05, 4.69) is 9.88 Å². The van der Waals surface area contributed by atoms with E-state index < -0.39 is 5.91 Å². The average Bonchev–Trinajstić information content (AvgIpc) is 2.28. The topological polar surface area (TPSA) is 68.5 Å². The number of hydrogen-bond acceptors (Lipinski definition) is 4. The fourth-order valence-corrected chi connectivity index (χ4v) is 2.14. The second-order valence-corrected chi connectivity index (χ2v) is 4.43. The lowest BCUT2D eigenvalue weighted by atomic mass is 10.2. The van der Waals surface area contributed by atoms with Gasteiger partial charge in [0.1, 0.15) is 5.69 Å². The maximum absolute atomic E-state index is 11.1. The number of ether oxygens (including phenoxy) is 1. The Morgan fingerprint density at radius 3 is 2.71 bits per heavy atom. The summed E-state index contributed by atoms with van der Waals surface area (Å²) in [5.41, 5.74) is 6.49. The fourth-order valence-electron chi connectivity index (χ4n) is 2.14. The van der Waals surface area contributed by atoms with Crippen molar-refractivity contribution in [2.45, 2.75) is 26.1 Å². The second kappa shape index (κ2) is 4.71. The number of amides is 1. The summed E-state index contributed by atoms with van der Waals surface area (Å²) in [6.07, 6.45) is 1.98. The SMILES string of the molecule is CC1CN(c2ccnc(C(N)=O)c2)CC(C)O1. The van der Waals surface area contributed by atoms with Gasteiger partial charge in [-0.25, -0.2) is 0 Å². The van der Waals surface area contributed by atoms with Crippen LogP contribution in [0, 0.1) is 0 Å². The van der Waals surface area contributed by atoms with Crippen LogP contribution in [0.4, 0.5) is 5.69 Å². The van der Waals surface area contributed by atoms with Crippen molar-refractivity contribution < 1.29 is 9.53 Å². The van der Waals surface area contributed by atoms with Crippen LogP contribution in [0.1, 0.15) is 24.3 Å². The van der Waals surface area contributed by atoms with Gasteiger partial charge in [0.2, 0.25) is 0 Å². The van der Waals surface area contributed by atoms with Gasteiger partial charge in [0.05, 0.1) is 12.2 Å². The van der Waals surface area contributed by atoms with Gasteiger partial charge in [-0.1, -0.05) is 0 Å². The molecule has 0 aromatic carbocycles. The Labute approximate surface area is 101 Å². The van der Waals surface area contributed by atoms with Crippen molar-refractivity contribution in [1.82, 2.24) is 4.98 Å². The third-order valence-corrected chi connectivity index (χ3v) is 2.78. The number of carbonyl (C=O) groups excluding carboxylic acids is 1. The highest BCUT2D eigenvalue weighted by molar-refractivity contribution is 5.91. The van der Waals surface area contributed by atoms with E-state index in [1.807, 2.05) is 19.9 Å². The predicted octanol–water partition coefficient (Wildman–Crippen LogP) is 0.794. The maximum Gasteiger partial charge on any atom is 0.267 e. The van der Waals surface area contributed by atoms with Gasteiger partial charge in [-0.15, -0.1) is 0 Å². The van der Waals surface area contributed by atoms with Gasteiger partial charge in [0.25, 0.3) is 5.91 Å². The van der Waals surface area contributed by atoms with E-state index in [1.54, 1.807) is 12.3 Å². The molecule has 1 aliphatic heterocycles. The number of carbonyl (C=O) groups is 1. The summed E-state index contributed by atoms with van der Waals surface area (Å²) in [5.74, 6) is -0.499. The average molecular weight is 235 g/mol. The molecule has 0 spiro atoms. The molecule has 1 amide bonds. The van der Waals surface area contributed by atoms with Gasteiger partial charge in [-0.05, 0) is 26.0 Å². The van der Waals surface area contributed by atoms with Crippen LogP contribution in [0.15, 0.2) is 18.3 Å². The minimum absolute atomic E-state index is 0.184. The highest BCUT2D eigenvalue weighted by atomic mass is 16.5. The van der Waals surface area contributed by atoms with Gasteiger partial charge < -0.3 is 15.4 Å². The number of aromatic nitrogens is 1. The molecule has 0 bridgehead atoms. The van der Waals surface area contributed by atoms with Crippen LogP contribution in [0.3, 0.4) is 0 Å². The van der Waals surface area contributed by atoms with Crippen LogP contribution in [-0.2, 0) is 4.74 Å². The lowest BCUT2D eigenvalue weighted by Crippen LogP contribution is -2.45. The maximum atomic E-state index is 11.1. The number of primary amides is 1. The van der Waals surface area contributed by atoms with Crippen LogP contribution in [0.5, 0.6) is 0 Å². The second-order valence-electron chi connectivity index (χ2n) is 4.43. The highest BCUT2D eigenvalue weighted by Crippen LogP contribution is 2.20. The quantitative estimate of drug-likeness (QED) is 0.823. The number of morpholine rings is 1. The van der Waals surface area contributed by atoms with Crippen molar-refractivity contribution in [2.75, 3.05) is 18.0 Å². The number of hydrogen-bond donors (Lipinski definition) is 1. The summed E-state index contributed by atoms with van der Waals surface area (Å²) in [7, 11) is 0. The van der Waals surface area contributed by atoms with E-state index in [-0.39, 0.29) is 12.2 Å². The monoisotopic (exact) mass is 235 g/mol. The zero-order chi connectivity index (χ0) is 12.4. The molecule has 1 aliphatic rings. The van der Waals surface area contributed by atoms with Gasteiger partial charge in [0.15, 0.2) is 0 Å². The number of nitrogens with two attached hydrogens (primary N) is 1. The molecule has 92 valence electrons. The third kappa shape index (κ3) is 2.74. The van der Waals surface area contributed by atoms with Crippen LogP contribution in [-0.4, -0.2) is 36.2 Å². The molecule has 17 heavy (non-hydrogen) atoms. The fraction of sp³-hybridized carbons (Fsp3) is 0.500. The predicted molar refractivity (Wildman–Crippen MR) is 65.0 cm³/mol. The summed E-state index contributed by atoms with van der Waals surface area (Å²) >= 11 is 0. The summed E-state index contributed by atoms with van der Waals surface area (Å²) < 4.78 is 5.67. The Morgan fingerprint density at radius 2 is 2.12 bits per heavy atom. The molecule has 0 aliphatic carbocycles. The van der Waals surface area contributed by atoms with E-state index >= 15 is 0 Å². The van der Waals surface area contributed by atoms with E-state index in [4.69, 9.17) is 10.5 Å². The number of rotatable bonds is 2. The standard InChI is InChI=1S/C12H17N3O2/c1-8-6-15(7-9(2)17-8)10-3-4-14-11(5-10)12(13)16/h3-5,8-9H,6-7H2,1-2H3,(H2,13,16). The molecule has 2 atom stereocenters. The molecule has 1 aromatic rings. The largest absolute Gasteiger partial charge is 0.372 e. The van der Waals surface area contributed by atoms with Crippen LogP contribution < -0.4 is 10.6 Å². The molecule has 2 rings (SSSR count). The number of nitrogens with zero attached hydrogens (tertiary/aromatic N) is 2. The van der Waals surface area contributed by atoms with Gasteiger partial charge in [0, 0.05) is 25.0 Å². The molecule has 5 heteroatoms. The minimum atomic E-state index is -0.499. The Kier molecular flexibility index (Phi) is 3.28. The van der Waals surface area contributed by atoms with E-state index in [0.717, 1.165) is 18.8 Å². The van der Waals surface area contributed by atoms with Crippen molar-refractivity contribution in [3.8, 4) is 0 Å². The van der Waals surface area contributed by atoms with Crippen molar-refractivity contribution >= 4 is 11.6 Å². The van der Waals surface area contributed by atoms with E-state index in [9.17, 15) is 4.79 Å². The minimum Gasteiger partial charge on any atom is -0.372 e. The Morgan fingerprint density at radius 1 is 1.47 bits per heavy atom. The highest BCUT2D eigenvalue weighted by Gasteiger charge is 2.22. The summed E-state index contributed by atoms with van der Waals surface area (Å²) in [4.78, 5) is 17.2.